The second-order valence-electron chi connectivity index (χ2n) is 3.94. The molecule has 0 amide bonds. The van der Waals surface area contributed by atoms with Crippen molar-refractivity contribution in [3.8, 4) is 11.4 Å². The Morgan fingerprint density at radius 2 is 2.21 bits per heavy atom. The molecule has 1 heterocycles. The molecule has 2 aromatic rings. The van der Waals surface area contributed by atoms with Gasteiger partial charge in [0, 0.05) is 18.3 Å². The number of aromatic nitrogens is 2. The van der Waals surface area contributed by atoms with Gasteiger partial charge in [-0.1, -0.05) is 18.5 Å². The van der Waals surface area contributed by atoms with Gasteiger partial charge in [0.05, 0.1) is 9.50 Å². The minimum Gasteiger partial charge on any atom is -0.369 e. The van der Waals surface area contributed by atoms with Crippen molar-refractivity contribution < 1.29 is 4.39 Å². The third-order valence-corrected chi connectivity index (χ3v) is 3.35. The zero-order valence-electron chi connectivity index (χ0n) is 10.3. The van der Waals surface area contributed by atoms with E-state index in [0.29, 0.717) is 22.2 Å². The predicted octanol–water partition coefficient (Wildman–Crippen LogP) is 4.52. The SMILES string of the molecule is CCCNc1nc(-c2ccc(F)cc2Cl)ncc1Br. The van der Waals surface area contributed by atoms with Gasteiger partial charge in [-0.25, -0.2) is 14.4 Å². The Balaban J connectivity index is 2.39. The average Bonchev–Trinajstić information content (AvgIpc) is 2.38. The summed E-state index contributed by atoms with van der Waals surface area (Å²) in [6.45, 7) is 2.88. The molecule has 0 unspecified atom stereocenters. The van der Waals surface area contributed by atoms with Crippen LogP contribution in [0.1, 0.15) is 13.3 Å². The third-order valence-electron chi connectivity index (χ3n) is 2.46. The molecule has 0 aliphatic carbocycles. The first kappa shape index (κ1) is 14.2. The molecule has 0 saturated carbocycles. The van der Waals surface area contributed by atoms with Gasteiger partial charge in [0.2, 0.25) is 0 Å². The molecule has 2 rings (SSSR count). The van der Waals surface area contributed by atoms with Crippen LogP contribution in [0.3, 0.4) is 0 Å². The van der Waals surface area contributed by atoms with E-state index in [9.17, 15) is 4.39 Å². The molecule has 19 heavy (non-hydrogen) atoms. The fourth-order valence-electron chi connectivity index (χ4n) is 1.54. The van der Waals surface area contributed by atoms with Gasteiger partial charge in [0.15, 0.2) is 5.82 Å². The van der Waals surface area contributed by atoms with Gasteiger partial charge < -0.3 is 5.32 Å². The second-order valence-corrected chi connectivity index (χ2v) is 5.20. The van der Waals surface area contributed by atoms with E-state index in [-0.39, 0.29) is 5.82 Å². The van der Waals surface area contributed by atoms with Crippen LogP contribution in [0.4, 0.5) is 10.2 Å². The number of hydrogen-bond acceptors (Lipinski definition) is 3. The summed E-state index contributed by atoms with van der Waals surface area (Å²) in [5, 5.41) is 3.48. The Labute approximate surface area is 124 Å². The van der Waals surface area contributed by atoms with E-state index < -0.39 is 0 Å². The van der Waals surface area contributed by atoms with Gasteiger partial charge >= 0.3 is 0 Å². The van der Waals surface area contributed by atoms with E-state index in [1.165, 1.54) is 12.1 Å². The normalized spacial score (nSPS) is 10.5. The molecule has 1 aromatic carbocycles. The van der Waals surface area contributed by atoms with Crippen LogP contribution in [0.2, 0.25) is 5.02 Å². The molecule has 0 aliphatic rings. The fourth-order valence-corrected chi connectivity index (χ4v) is 2.12. The van der Waals surface area contributed by atoms with Crippen molar-refractivity contribution >= 4 is 33.3 Å². The van der Waals surface area contributed by atoms with Crippen LogP contribution in [0.5, 0.6) is 0 Å². The van der Waals surface area contributed by atoms with Crippen molar-refractivity contribution in [2.24, 2.45) is 0 Å². The summed E-state index contributed by atoms with van der Waals surface area (Å²) < 4.78 is 13.8. The highest BCUT2D eigenvalue weighted by atomic mass is 79.9. The number of hydrogen-bond donors (Lipinski definition) is 1. The minimum atomic E-state index is -0.379. The van der Waals surface area contributed by atoms with Crippen LogP contribution in [0, 0.1) is 5.82 Å². The summed E-state index contributed by atoms with van der Waals surface area (Å²) in [6, 6.07) is 4.16. The topological polar surface area (TPSA) is 37.8 Å². The molecule has 0 atom stereocenters. The molecule has 1 N–H and O–H groups in total. The van der Waals surface area contributed by atoms with Crippen LogP contribution in [-0.2, 0) is 0 Å². The van der Waals surface area contributed by atoms with Crippen molar-refractivity contribution in [2.75, 3.05) is 11.9 Å². The first-order valence-corrected chi connectivity index (χ1v) is 7.00. The molecule has 0 radical (unpaired) electrons. The van der Waals surface area contributed by atoms with E-state index >= 15 is 0 Å². The van der Waals surface area contributed by atoms with Crippen LogP contribution >= 0.6 is 27.5 Å². The summed E-state index contributed by atoms with van der Waals surface area (Å²) >= 11 is 9.39. The lowest BCUT2D eigenvalue weighted by Gasteiger charge is -2.09. The monoisotopic (exact) mass is 343 g/mol. The number of nitrogens with zero attached hydrogens (tertiary/aromatic N) is 2. The Morgan fingerprint density at radius 1 is 1.42 bits per heavy atom. The maximum atomic E-state index is 13.0. The average molecular weight is 345 g/mol. The molecule has 0 saturated heterocycles. The van der Waals surface area contributed by atoms with Crippen LogP contribution < -0.4 is 5.32 Å². The zero-order chi connectivity index (χ0) is 13.8. The summed E-state index contributed by atoms with van der Waals surface area (Å²) in [7, 11) is 0. The number of halogens is 3. The minimum absolute atomic E-state index is 0.295. The van der Waals surface area contributed by atoms with E-state index in [0.717, 1.165) is 17.4 Å². The van der Waals surface area contributed by atoms with Gasteiger partial charge in [-0.15, -0.1) is 0 Å². The lowest BCUT2D eigenvalue weighted by Crippen LogP contribution is -2.04. The van der Waals surface area contributed by atoms with Gasteiger partial charge in [0.1, 0.15) is 11.6 Å². The number of rotatable bonds is 4. The van der Waals surface area contributed by atoms with E-state index in [2.05, 4.69) is 38.1 Å². The molecule has 1 aromatic heterocycles. The van der Waals surface area contributed by atoms with Crippen LogP contribution in [0.25, 0.3) is 11.4 Å². The number of benzene rings is 1. The first-order valence-electron chi connectivity index (χ1n) is 5.83. The summed E-state index contributed by atoms with van der Waals surface area (Å²) in [6.07, 6.45) is 2.64. The fraction of sp³-hybridized carbons (Fsp3) is 0.231. The summed E-state index contributed by atoms with van der Waals surface area (Å²) in [4.78, 5) is 8.60. The van der Waals surface area contributed by atoms with Crippen LogP contribution in [0.15, 0.2) is 28.9 Å². The highest BCUT2D eigenvalue weighted by Crippen LogP contribution is 2.28. The molecular formula is C13H12BrClFN3. The molecule has 100 valence electrons. The smallest absolute Gasteiger partial charge is 0.163 e. The van der Waals surface area contributed by atoms with E-state index in [1.54, 1.807) is 12.3 Å². The maximum absolute atomic E-state index is 13.0. The van der Waals surface area contributed by atoms with E-state index in [1.807, 2.05) is 0 Å². The maximum Gasteiger partial charge on any atom is 0.163 e. The van der Waals surface area contributed by atoms with Crippen molar-refractivity contribution in [2.45, 2.75) is 13.3 Å². The number of anilines is 1. The first-order chi connectivity index (χ1) is 9.11. The Hall–Kier alpha value is -1.20. The largest absolute Gasteiger partial charge is 0.369 e. The quantitative estimate of drug-likeness (QED) is 0.886. The van der Waals surface area contributed by atoms with Crippen molar-refractivity contribution in [3.63, 3.8) is 0 Å². The molecule has 0 aliphatic heterocycles. The predicted molar refractivity (Wildman–Crippen MR) is 78.9 cm³/mol. The van der Waals surface area contributed by atoms with Crippen molar-refractivity contribution in [1.82, 2.24) is 9.97 Å². The summed E-state index contributed by atoms with van der Waals surface area (Å²) in [5.41, 5.74) is 0.607. The van der Waals surface area contributed by atoms with Gasteiger partial charge in [0.25, 0.3) is 0 Å². The Bertz CT molecular complexity index is 592. The molecule has 3 nitrogen and oxygen atoms in total. The molecule has 0 fully saturated rings. The van der Waals surface area contributed by atoms with Gasteiger partial charge in [-0.3, -0.25) is 0 Å². The Kier molecular flexibility index (Phi) is 4.71. The lowest BCUT2D eigenvalue weighted by molar-refractivity contribution is 0.628. The molecular weight excluding hydrogens is 333 g/mol. The van der Waals surface area contributed by atoms with Gasteiger partial charge in [-0.2, -0.15) is 0 Å². The molecule has 6 heteroatoms. The second kappa shape index (κ2) is 6.30. The lowest BCUT2D eigenvalue weighted by atomic mass is 10.2. The Morgan fingerprint density at radius 3 is 2.89 bits per heavy atom. The molecule has 0 spiro atoms. The standard InChI is InChI=1S/C13H12BrClFN3/c1-2-5-17-13-10(14)7-18-12(19-13)9-4-3-8(16)6-11(9)15/h3-4,6-7H,2,5H2,1H3,(H,17,18,19). The van der Waals surface area contributed by atoms with E-state index in [4.69, 9.17) is 11.6 Å². The number of nitrogens with one attached hydrogen (secondary N) is 1. The third kappa shape index (κ3) is 3.42. The molecule has 0 bridgehead atoms. The van der Waals surface area contributed by atoms with Crippen LogP contribution in [-0.4, -0.2) is 16.5 Å². The highest BCUT2D eigenvalue weighted by molar-refractivity contribution is 9.10. The van der Waals surface area contributed by atoms with Crippen molar-refractivity contribution in [3.05, 3.63) is 39.7 Å². The summed E-state index contributed by atoms with van der Waals surface area (Å²) in [5.74, 6) is 0.786. The van der Waals surface area contributed by atoms with Crippen molar-refractivity contribution in [1.29, 1.82) is 0 Å². The van der Waals surface area contributed by atoms with Gasteiger partial charge in [-0.05, 0) is 40.5 Å². The highest BCUT2D eigenvalue weighted by Gasteiger charge is 2.10. The zero-order valence-corrected chi connectivity index (χ0v) is 12.6.